The number of aliphatic carboxylic acids is 1. The number of hydrogen-bond acceptors (Lipinski definition) is 3. The van der Waals surface area contributed by atoms with E-state index < -0.39 is 5.97 Å². The summed E-state index contributed by atoms with van der Waals surface area (Å²) in [6, 6.07) is 0. The van der Waals surface area contributed by atoms with E-state index in [9.17, 15) is 4.79 Å². The molecule has 0 heterocycles. The Hall–Kier alpha value is -1.36. The molecule has 0 atom stereocenters. The minimum atomic E-state index is -0.833. The van der Waals surface area contributed by atoms with Crippen LogP contribution >= 0.6 is 0 Å². The van der Waals surface area contributed by atoms with E-state index in [0.717, 1.165) is 19.8 Å². The molecule has 5 heteroatoms. The van der Waals surface area contributed by atoms with Crippen LogP contribution in [0.5, 0.6) is 0 Å². The maximum atomic E-state index is 11.4. The van der Waals surface area contributed by atoms with E-state index in [1.807, 2.05) is 0 Å². The molecule has 160 valence electrons. The molecule has 0 aromatic heterocycles. The van der Waals surface area contributed by atoms with Gasteiger partial charge in [0, 0.05) is 26.4 Å². The average molecular weight is 385 g/mol. The summed E-state index contributed by atoms with van der Waals surface area (Å²) in [5, 5.41) is 10.2. The van der Waals surface area contributed by atoms with Crippen molar-refractivity contribution in [2.75, 3.05) is 13.1 Å². The van der Waals surface area contributed by atoms with Gasteiger partial charge in [0.25, 0.3) is 5.97 Å². The number of carbonyl (C=O) groups excluding carboxylic acids is 1. The van der Waals surface area contributed by atoms with Crippen molar-refractivity contribution < 1.29 is 14.7 Å². The maximum Gasteiger partial charge on any atom is 0.300 e. The van der Waals surface area contributed by atoms with E-state index in [2.05, 4.69) is 24.4 Å². The van der Waals surface area contributed by atoms with E-state index in [1.165, 1.54) is 70.6 Å². The molecule has 0 saturated carbocycles. The van der Waals surface area contributed by atoms with Crippen LogP contribution in [0.1, 0.15) is 104 Å². The van der Waals surface area contributed by atoms with Gasteiger partial charge in [-0.25, -0.2) is 0 Å². The molecule has 1 amide bonds. The maximum absolute atomic E-state index is 11.4. The van der Waals surface area contributed by atoms with E-state index in [1.54, 1.807) is 0 Å². The summed E-state index contributed by atoms with van der Waals surface area (Å²) in [4.78, 5) is 20.4. The van der Waals surface area contributed by atoms with Crippen molar-refractivity contribution in [3.05, 3.63) is 12.2 Å². The second-order valence-corrected chi connectivity index (χ2v) is 6.99. The molecule has 0 aliphatic carbocycles. The zero-order chi connectivity index (χ0) is 20.6. The number of carbonyl (C=O) groups is 2. The van der Waals surface area contributed by atoms with Gasteiger partial charge in [-0.2, -0.15) is 0 Å². The van der Waals surface area contributed by atoms with Crippen molar-refractivity contribution in [3.8, 4) is 0 Å². The van der Waals surface area contributed by atoms with Gasteiger partial charge in [-0.3, -0.25) is 9.59 Å². The van der Waals surface area contributed by atoms with Crippen LogP contribution in [-0.2, 0) is 9.59 Å². The fourth-order valence-corrected chi connectivity index (χ4v) is 2.66. The summed E-state index contributed by atoms with van der Waals surface area (Å²) in [7, 11) is 0. The molecular weight excluding hydrogens is 340 g/mol. The molecule has 0 fully saturated rings. The summed E-state index contributed by atoms with van der Waals surface area (Å²) in [5.41, 5.74) is 5.34. The van der Waals surface area contributed by atoms with Crippen LogP contribution in [0.4, 0.5) is 0 Å². The van der Waals surface area contributed by atoms with Crippen molar-refractivity contribution >= 4 is 11.9 Å². The van der Waals surface area contributed by atoms with Gasteiger partial charge in [-0.1, -0.05) is 70.4 Å². The standard InChI is InChI=1S/C20H40N2O.C2H4O2/c1-2-3-4-5-6-7-8-9-10-11-12-13-14-15-16-17-20(23)22-19-18-21;1-2(3)4/h9-10H,2-8,11-19,21H2,1H3,(H,22,23);1H3,(H,3,4)/b10-9+;. The number of nitrogens with two attached hydrogens (primary N) is 1. The summed E-state index contributed by atoms with van der Waals surface area (Å²) in [5.74, 6) is -0.687. The average Bonchev–Trinajstić information content (AvgIpc) is 2.62. The van der Waals surface area contributed by atoms with Crippen LogP contribution in [0.2, 0.25) is 0 Å². The Morgan fingerprint density at radius 3 is 1.78 bits per heavy atom. The third kappa shape index (κ3) is 32.7. The van der Waals surface area contributed by atoms with Crippen LogP contribution in [0, 0.1) is 0 Å². The van der Waals surface area contributed by atoms with Gasteiger partial charge in [0.15, 0.2) is 0 Å². The molecule has 0 bridgehead atoms. The molecule has 0 aromatic carbocycles. The number of amides is 1. The zero-order valence-electron chi connectivity index (χ0n) is 17.8. The Bertz CT molecular complexity index is 353. The molecule has 5 nitrogen and oxygen atoms in total. The van der Waals surface area contributed by atoms with Crippen molar-refractivity contribution in [3.63, 3.8) is 0 Å². The lowest BCUT2D eigenvalue weighted by Gasteiger charge is -2.03. The van der Waals surface area contributed by atoms with Gasteiger partial charge in [0.2, 0.25) is 5.91 Å². The molecular formula is C22H44N2O3. The highest BCUT2D eigenvalue weighted by Gasteiger charge is 1.99. The molecule has 0 unspecified atom stereocenters. The Morgan fingerprint density at radius 1 is 0.852 bits per heavy atom. The second-order valence-electron chi connectivity index (χ2n) is 6.99. The van der Waals surface area contributed by atoms with Crippen molar-refractivity contribution in [1.29, 1.82) is 0 Å². The normalized spacial score (nSPS) is 10.5. The Morgan fingerprint density at radius 2 is 1.30 bits per heavy atom. The van der Waals surface area contributed by atoms with Crippen LogP contribution in [0.25, 0.3) is 0 Å². The number of unbranched alkanes of at least 4 members (excludes halogenated alkanes) is 11. The van der Waals surface area contributed by atoms with Crippen LogP contribution in [0.3, 0.4) is 0 Å². The van der Waals surface area contributed by atoms with Crippen molar-refractivity contribution in [1.82, 2.24) is 5.32 Å². The number of hydrogen-bond donors (Lipinski definition) is 3. The number of nitrogens with one attached hydrogen (secondary N) is 1. The minimum absolute atomic E-state index is 0.146. The molecule has 0 spiro atoms. The second kappa shape index (κ2) is 24.6. The number of carboxylic acids is 1. The summed E-state index contributed by atoms with van der Waals surface area (Å²) in [6.07, 6.45) is 22.1. The Labute approximate surface area is 167 Å². The molecule has 0 radical (unpaired) electrons. The van der Waals surface area contributed by atoms with E-state index in [0.29, 0.717) is 19.5 Å². The third-order valence-corrected chi connectivity index (χ3v) is 4.13. The lowest BCUT2D eigenvalue weighted by molar-refractivity contribution is -0.134. The van der Waals surface area contributed by atoms with Gasteiger partial charge in [-0.05, 0) is 32.1 Å². The molecule has 0 saturated heterocycles. The fourth-order valence-electron chi connectivity index (χ4n) is 2.66. The van der Waals surface area contributed by atoms with Gasteiger partial charge < -0.3 is 16.2 Å². The largest absolute Gasteiger partial charge is 0.481 e. The highest BCUT2D eigenvalue weighted by molar-refractivity contribution is 5.75. The lowest BCUT2D eigenvalue weighted by Crippen LogP contribution is -2.28. The monoisotopic (exact) mass is 384 g/mol. The Kier molecular flexibility index (Phi) is 25.4. The minimum Gasteiger partial charge on any atom is -0.481 e. The van der Waals surface area contributed by atoms with Crippen molar-refractivity contribution in [2.45, 2.75) is 104 Å². The van der Waals surface area contributed by atoms with Crippen LogP contribution in [0.15, 0.2) is 12.2 Å². The van der Waals surface area contributed by atoms with Crippen molar-refractivity contribution in [2.24, 2.45) is 5.73 Å². The summed E-state index contributed by atoms with van der Waals surface area (Å²) in [6.45, 7) is 4.48. The molecule has 0 aromatic rings. The molecule has 0 aliphatic rings. The first-order valence-corrected chi connectivity index (χ1v) is 10.9. The first kappa shape index (κ1) is 27.9. The van der Waals surface area contributed by atoms with Gasteiger partial charge in [0.05, 0.1) is 0 Å². The van der Waals surface area contributed by atoms with Gasteiger partial charge in [0.1, 0.15) is 0 Å². The molecule has 4 N–H and O–H groups in total. The molecule has 27 heavy (non-hydrogen) atoms. The molecule has 0 aliphatic heterocycles. The van der Waals surface area contributed by atoms with Gasteiger partial charge in [-0.15, -0.1) is 0 Å². The quantitative estimate of drug-likeness (QED) is 0.238. The SMILES string of the molecule is CC(=O)O.CCCCCCCC/C=C/CCCCCCCC(=O)NCCN. The molecule has 0 rings (SSSR count). The predicted octanol–water partition coefficient (Wildman–Crippen LogP) is 5.19. The smallest absolute Gasteiger partial charge is 0.300 e. The van der Waals surface area contributed by atoms with Crippen LogP contribution < -0.4 is 11.1 Å². The topological polar surface area (TPSA) is 92.4 Å². The zero-order valence-corrected chi connectivity index (χ0v) is 17.8. The van der Waals surface area contributed by atoms with E-state index >= 15 is 0 Å². The number of carboxylic acid groups (broad SMARTS) is 1. The number of allylic oxidation sites excluding steroid dienone is 2. The third-order valence-electron chi connectivity index (χ3n) is 4.13. The lowest BCUT2D eigenvalue weighted by atomic mass is 10.1. The predicted molar refractivity (Wildman–Crippen MR) is 115 cm³/mol. The first-order chi connectivity index (χ1) is 13.0. The van der Waals surface area contributed by atoms with Gasteiger partial charge >= 0.3 is 0 Å². The van der Waals surface area contributed by atoms with Crippen LogP contribution in [-0.4, -0.2) is 30.1 Å². The highest BCUT2D eigenvalue weighted by Crippen LogP contribution is 2.09. The fraction of sp³-hybridized carbons (Fsp3) is 0.818. The highest BCUT2D eigenvalue weighted by atomic mass is 16.4. The number of rotatable bonds is 17. The summed E-state index contributed by atoms with van der Waals surface area (Å²) >= 11 is 0. The van der Waals surface area contributed by atoms with E-state index in [4.69, 9.17) is 15.6 Å². The summed E-state index contributed by atoms with van der Waals surface area (Å²) < 4.78 is 0. The van der Waals surface area contributed by atoms with E-state index in [-0.39, 0.29) is 5.91 Å². The Balaban J connectivity index is 0. The first-order valence-electron chi connectivity index (χ1n) is 10.9.